The third-order valence-corrected chi connectivity index (χ3v) is 4.41. The lowest BCUT2D eigenvalue weighted by molar-refractivity contribution is 0.153. The number of nitrogens with zero attached hydrogens (tertiary/aromatic N) is 2. The van der Waals surface area contributed by atoms with Gasteiger partial charge in [0, 0.05) is 49.8 Å². The maximum Gasteiger partial charge on any atom is 0.0457 e. The van der Waals surface area contributed by atoms with Crippen LogP contribution in [0.2, 0.25) is 0 Å². The normalized spacial score (nSPS) is 17.6. The molecule has 2 aromatic rings. The van der Waals surface area contributed by atoms with Gasteiger partial charge >= 0.3 is 0 Å². The third kappa shape index (κ3) is 3.84. The Kier molecular flexibility index (Phi) is 4.91. The molecule has 1 aliphatic rings. The SMILES string of the molecule is CN1CCN(CCCNCc2c[nH]c3ccccc23)CC1. The average molecular weight is 286 g/mol. The number of aromatic amines is 1. The van der Waals surface area contributed by atoms with Crippen molar-refractivity contribution in [1.82, 2.24) is 20.1 Å². The molecular weight excluding hydrogens is 260 g/mol. The minimum Gasteiger partial charge on any atom is -0.361 e. The summed E-state index contributed by atoms with van der Waals surface area (Å²) < 4.78 is 0. The number of rotatable bonds is 6. The number of nitrogens with one attached hydrogen (secondary N) is 2. The van der Waals surface area contributed by atoms with Crippen LogP contribution in [0, 0.1) is 0 Å². The van der Waals surface area contributed by atoms with Gasteiger partial charge in [0.1, 0.15) is 0 Å². The van der Waals surface area contributed by atoms with Crippen molar-refractivity contribution in [3.63, 3.8) is 0 Å². The molecule has 2 N–H and O–H groups in total. The lowest BCUT2D eigenvalue weighted by Gasteiger charge is -2.32. The van der Waals surface area contributed by atoms with E-state index in [1.807, 2.05) is 0 Å². The van der Waals surface area contributed by atoms with Crippen molar-refractivity contribution in [3.8, 4) is 0 Å². The van der Waals surface area contributed by atoms with Gasteiger partial charge in [-0.25, -0.2) is 0 Å². The molecule has 0 atom stereocenters. The van der Waals surface area contributed by atoms with Crippen molar-refractivity contribution in [2.45, 2.75) is 13.0 Å². The number of para-hydroxylation sites is 1. The molecule has 0 spiro atoms. The van der Waals surface area contributed by atoms with E-state index in [9.17, 15) is 0 Å². The lowest BCUT2D eigenvalue weighted by Crippen LogP contribution is -2.45. The molecule has 0 amide bonds. The van der Waals surface area contributed by atoms with Crippen LogP contribution >= 0.6 is 0 Å². The van der Waals surface area contributed by atoms with Crippen molar-refractivity contribution in [2.75, 3.05) is 46.3 Å². The predicted molar refractivity (Wildman–Crippen MR) is 88.6 cm³/mol. The molecule has 114 valence electrons. The van der Waals surface area contributed by atoms with Gasteiger partial charge in [0.25, 0.3) is 0 Å². The zero-order valence-corrected chi connectivity index (χ0v) is 12.9. The molecule has 1 aromatic heterocycles. The summed E-state index contributed by atoms with van der Waals surface area (Å²) >= 11 is 0. The van der Waals surface area contributed by atoms with Crippen LogP contribution < -0.4 is 5.32 Å². The van der Waals surface area contributed by atoms with Crippen LogP contribution in [-0.4, -0.2) is 61.1 Å². The van der Waals surface area contributed by atoms with E-state index in [2.05, 4.69) is 57.6 Å². The van der Waals surface area contributed by atoms with E-state index in [0.717, 1.165) is 13.1 Å². The van der Waals surface area contributed by atoms with Crippen LogP contribution in [0.5, 0.6) is 0 Å². The molecule has 1 saturated heterocycles. The molecule has 0 aliphatic carbocycles. The van der Waals surface area contributed by atoms with Crippen molar-refractivity contribution in [1.29, 1.82) is 0 Å². The largest absolute Gasteiger partial charge is 0.361 e. The Bertz CT molecular complexity index is 555. The molecule has 1 fully saturated rings. The summed E-state index contributed by atoms with van der Waals surface area (Å²) in [5.41, 5.74) is 2.59. The molecule has 0 radical (unpaired) electrons. The van der Waals surface area contributed by atoms with Crippen LogP contribution in [0.15, 0.2) is 30.5 Å². The Morgan fingerprint density at radius 1 is 1.14 bits per heavy atom. The van der Waals surface area contributed by atoms with E-state index in [-0.39, 0.29) is 0 Å². The maximum absolute atomic E-state index is 3.57. The number of fused-ring (bicyclic) bond motifs is 1. The van der Waals surface area contributed by atoms with Gasteiger partial charge in [0.15, 0.2) is 0 Å². The molecular formula is C17H26N4. The Balaban J connectivity index is 1.37. The van der Waals surface area contributed by atoms with Crippen molar-refractivity contribution in [3.05, 3.63) is 36.0 Å². The van der Waals surface area contributed by atoms with E-state index in [0.29, 0.717) is 0 Å². The zero-order chi connectivity index (χ0) is 14.5. The minimum absolute atomic E-state index is 0.951. The van der Waals surface area contributed by atoms with Crippen molar-refractivity contribution >= 4 is 10.9 Å². The number of benzene rings is 1. The first-order valence-corrected chi connectivity index (χ1v) is 7.99. The van der Waals surface area contributed by atoms with Crippen LogP contribution in [-0.2, 0) is 6.54 Å². The minimum atomic E-state index is 0.951. The summed E-state index contributed by atoms with van der Waals surface area (Å²) in [5.74, 6) is 0. The fraction of sp³-hybridized carbons (Fsp3) is 0.529. The summed E-state index contributed by atoms with van der Waals surface area (Å²) in [4.78, 5) is 8.32. The predicted octanol–water partition coefficient (Wildman–Crippen LogP) is 1.89. The topological polar surface area (TPSA) is 34.3 Å². The molecule has 2 heterocycles. The molecule has 4 nitrogen and oxygen atoms in total. The molecule has 0 unspecified atom stereocenters. The first kappa shape index (κ1) is 14.6. The number of likely N-dealkylation sites (N-methyl/N-ethyl adjacent to an activating group) is 1. The second kappa shape index (κ2) is 7.07. The zero-order valence-electron chi connectivity index (χ0n) is 12.9. The van der Waals surface area contributed by atoms with Gasteiger partial charge in [-0.15, -0.1) is 0 Å². The second-order valence-electron chi connectivity index (χ2n) is 6.03. The molecule has 1 aromatic carbocycles. The van der Waals surface area contributed by atoms with Gasteiger partial charge in [0.05, 0.1) is 0 Å². The van der Waals surface area contributed by atoms with E-state index in [1.54, 1.807) is 0 Å². The lowest BCUT2D eigenvalue weighted by atomic mass is 10.2. The first-order valence-electron chi connectivity index (χ1n) is 7.99. The summed E-state index contributed by atoms with van der Waals surface area (Å²) in [6, 6.07) is 8.50. The molecule has 21 heavy (non-hydrogen) atoms. The van der Waals surface area contributed by atoms with Gasteiger partial charge in [-0.2, -0.15) is 0 Å². The maximum atomic E-state index is 3.57. The van der Waals surface area contributed by atoms with Crippen LogP contribution in [0.25, 0.3) is 10.9 Å². The van der Waals surface area contributed by atoms with Gasteiger partial charge in [-0.3, -0.25) is 0 Å². The van der Waals surface area contributed by atoms with Gasteiger partial charge in [-0.05, 0) is 38.2 Å². The highest BCUT2D eigenvalue weighted by molar-refractivity contribution is 5.82. The fourth-order valence-corrected chi connectivity index (χ4v) is 3.00. The molecule has 1 aliphatic heterocycles. The quantitative estimate of drug-likeness (QED) is 0.796. The van der Waals surface area contributed by atoms with Gasteiger partial charge in [0.2, 0.25) is 0 Å². The van der Waals surface area contributed by atoms with Crippen LogP contribution in [0.1, 0.15) is 12.0 Å². The highest BCUT2D eigenvalue weighted by Crippen LogP contribution is 2.17. The average Bonchev–Trinajstić information content (AvgIpc) is 2.92. The van der Waals surface area contributed by atoms with Gasteiger partial charge < -0.3 is 20.1 Å². The summed E-state index contributed by atoms with van der Waals surface area (Å²) in [5, 5.41) is 4.91. The first-order chi connectivity index (χ1) is 10.3. The van der Waals surface area contributed by atoms with E-state index in [1.165, 1.54) is 55.6 Å². The highest BCUT2D eigenvalue weighted by atomic mass is 15.2. The van der Waals surface area contributed by atoms with E-state index in [4.69, 9.17) is 0 Å². The highest BCUT2D eigenvalue weighted by Gasteiger charge is 2.12. The van der Waals surface area contributed by atoms with Crippen LogP contribution in [0.4, 0.5) is 0 Å². The Hall–Kier alpha value is -1.36. The third-order valence-electron chi connectivity index (χ3n) is 4.41. The monoisotopic (exact) mass is 286 g/mol. The number of piperazine rings is 1. The molecule has 0 saturated carbocycles. The fourth-order valence-electron chi connectivity index (χ4n) is 3.00. The number of hydrogen-bond donors (Lipinski definition) is 2. The Morgan fingerprint density at radius 3 is 2.81 bits per heavy atom. The van der Waals surface area contributed by atoms with E-state index < -0.39 is 0 Å². The second-order valence-corrected chi connectivity index (χ2v) is 6.03. The summed E-state index contributed by atoms with van der Waals surface area (Å²) in [6.45, 7) is 8.12. The van der Waals surface area contributed by atoms with Crippen molar-refractivity contribution in [2.24, 2.45) is 0 Å². The standard InChI is InChI=1S/C17H26N4/c1-20-9-11-21(12-10-20)8-4-7-18-13-15-14-19-17-6-3-2-5-16(15)17/h2-3,5-6,14,18-19H,4,7-13H2,1H3. The van der Waals surface area contributed by atoms with Crippen molar-refractivity contribution < 1.29 is 0 Å². The number of hydrogen-bond acceptors (Lipinski definition) is 3. The summed E-state index contributed by atoms with van der Waals surface area (Å²) in [7, 11) is 2.21. The smallest absolute Gasteiger partial charge is 0.0457 e. The van der Waals surface area contributed by atoms with Crippen LogP contribution in [0.3, 0.4) is 0 Å². The molecule has 0 bridgehead atoms. The van der Waals surface area contributed by atoms with E-state index >= 15 is 0 Å². The van der Waals surface area contributed by atoms with Gasteiger partial charge in [-0.1, -0.05) is 18.2 Å². The Labute approximate surface area is 127 Å². The molecule has 3 rings (SSSR count). The number of H-pyrrole nitrogens is 1. The molecule has 4 heteroatoms. The Morgan fingerprint density at radius 2 is 1.95 bits per heavy atom. The number of aromatic nitrogens is 1. The summed E-state index contributed by atoms with van der Waals surface area (Å²) in [6.07, 6.45) is 3.35.